The van der Waals surface area contributed by atoms with Crippen LogP contribution in [0.3, 0.4) is 0 Å². The first-order valence-corrected chi connectivity index (χ1v) is 19.8. The van der Waals surface area contributed by atoms with Crippen LogP contribution in [0.4, 0.5) is 0 Å². The monoisotopic (exact) mass is 753 g/mol. The van der Waals surface area contributed by atoms with Gasteiger partial charge in [0, 0.05) is 38.6 Å². The Hall–Kier alpha value is -7.95. The summed E-state index contributed by atoms with van der Waals surface area (Å²) >= 11 is 0. The van der Waals surface area contributed by atoms with Crippen molar-refractivity contribution in [2.24, 2.45) is 0 Å². The second kappa shape index (κ2) is 14.5. The van der Waals surface area contributed by atoms with Gasteiger partial charge in [-0.25, -0.2) is 15.0 Å². The lowest BCUT2D eigenvalue weighted by molar-refractivity contribution is 0.672. The molecule has 3 aromatic heterocycles. The summed E-state index contributed by atoms with van der Waals surface area (Å²) in [5.74, 6) is 0.662. The van der Waals surface area contributed by atoms with Crippen molar-refractivity contribution in [3.05, 3.63) is 212 Å². The predicted octanol–water partition coefficient (Wildman–Crippen LogP) is 14.6. The van der Waals surface area contributed by atoms with E-state index < -0.39 is 0 Å². The van der Waals surface area contributed by atoms with Gasteiger partial charge in [-0.15, -0.1) is 0 Å². The zero-order valence-electron chi connectivity index (χ0n) is 32.0. The van der Waals surface area contributed by atoms with Crippen molar-refractivity contribution >= 4 is 32.8 Å². The molecule has 8 aromatic carbocycles. The molecular formula is C55H35N3O. The maximum Gasteiger partial charge on any atom is 0.160 e. The summed E-state index contributed by atoms with van der Waals surface area (Å²) < 4.78 is 6.59. The van der Waals surface area contributed by atoms with E-state index in [0.29, 0.717) is 5.82 Å². The average Bonchev–Trinajstić information content (AvgIpc) is 3.72. The molecule has 0 N–H and O–H groups in total. The van der Waals surface area contributed by atoms with Crippen molar-refractivity contribution in [2.75, 3.05) is 0 Å². The Bertz CT molecular complexity index is 3170. The van der Waals surface area contributed by atoms with Gasteiger partial charge < -0.3 is 4.42 Å². The largest absolute Gasteiger partial charge is 0.455 e. The number of pyridine rings is 1. The fourth-order valence-corrected chi connectivity index (χ4v) is 8.12. The van der Waals surface area contributed by atoms with Crippen LogP contribution in [0.25, 0.3) is 111 Å². The Morgan fingerprint density at radius 2 is 0.780 bits per heavy atom. The fraction of sp³-hybridized carbons (Fsp3) is 0. The SMILES string of the molecule is c1ccc(-c2ccc(-c3cc(-c4ccc(-c5ccccc5)cc4)nc(-c4ccc(-c5cccc6c5nc(-c5ccccc5)c5c7ccccc7oc65)cc4)n3)cc2)cc1. The Morgan fingerprint density at radius 1 is 0.322 bits per heavy atom. The first-order valence-electron chi connectivity index (χ1n) is 19.8. The van der Waals surface area contributed by atoms with E-state index in [1.165, 1.54) is 11.1 Å². The molecule has 4 heteroatoms. The van der Waals surface area contributed by atoms with Gasteiger partial charge in [0.25, 0.3) is 0 Å². The van der Waals surface area contributed by atoms with E-state index in [1.807, 2.05) is 30.3 Å². The number of aromatic nitrogens is 3. The first kappa shape index (κ1) is 34.3. The smallest absolute Gasteiger partial charge is 0.160 e. The molecule has 276 valence electrons. The van der Waals surface area contributed by atoms with Crippen molar-refractivity contribution in [3.63, 3.8) is 0 Å². The van der Waals surface area contributed by atoms with E-state index in [9.17, 15) is 0 Å². The number of furan rings is 1. The van der Waals surface area contributed by atoms with Gasteiger partial charge in [0.05, 0.1) is 28.0 Å². The summed E-state index contributed by atoms with van der Waals surface area (Å²) in [5.41, 5.74) is 16.0. The van der Waals surface area contributed by atoms with E-state index in [2.05, 4.69) is 182 Å². The quantitative estimate of drug-likeness (QED) is 0.163. The third-order valence-electron chi connectivity index (χ3n) is 11.1. The van der Waals surface area contributed by atoms with E-state index in [1.54, 1.807) is 0 Å². The molecule has 0 aliphatic rings. The molecule has 0 unspecified atom stereocenters. The van der Waals surface area contributed by atoms with Crippen LogP contribution >= 0.6 is 0 Å². The van der Waals surface area contributed by atoms with E-state index in [4.69, 9.17) is 19.4 Å². The number of para-hydroxylation sites is 2. The lowest BCUT2D eigenvalue weighted by atomic mass is 9.97. The van der Waals surface area contributed by atoms with Crippen molar-refractivity contribution in [3.8, 4) is 78.5 Å². The summed E-state index contributed by atoms with van der Waals surface area (Å²) in [5, 5.41) is 3.07. The van der Waals surface area contributed by atoms with Gasteiger partial charge in [0.1, 0.15) is 11.2 Å². The summed E-state index contributed by atoms with van der Waals surface area (Å²) in [4.78, 5) is 15.8. The maximum absolute atomic E-state index is 6.59. The molecule has 0 fully saturated rings. The van der Waals surface area contributed by atoms with Gasteiger partial charge in [-0.3, -0.25) is 0 Å². The lowest BCUT2D eigenvalue weighted by Gasteiger charge is -2.12. The highest BCUT2D eigenvalue weighted by Crippen LogP contribution is 2.42. The van der Waals surface area contributed by atoms with Crippen LogP contribution in [0.5, 0.6) is 0 Å². The summed E-state index contributed by atoms with van der Waals surface area (Å²) in [6.07, 6.45) is 0. The molecule has 0 aliphatic carbocycles. The van der Waals surface area contributed by atoms with Crippen LogP contribution < -0.4 is 0 Å². The lowest BCUT2D eigenvalue weighted by Crippen LogP contribution is -1.96. The normalized spacial score (nSPS) is 11.4. The highest BCUT2D eigenvalue weighted by molar-refractivity contribution is 6.20. The minimum atomic E-state index is 0.662. The highest BCUT2D eigenvalue weighted by atomic mass is 16.3. The van der Waals surface area contributed by atoms with E-state index in [-0.39, 0.29) is 0 Å². The molecule has 0 atom stereocenters. The summed E-state index contributed by atoms with van der Waals surface area (Å²) in [6.45, 7) is 0. The van der Waals surface area contributed by atoms with Gasteiger partial charge in [-0.1, -0.05) is 194 Å². The molecule has 0 radical (unpaired) electrons. The number of fused-ring (bicyclic) bond motifs is 5. The molecular weight excluding hydrogens is 719 g/mol. The van der Waals surface area contributed by atoms with Gasteiger partial charge in [0.15, 0.2) is 5.82 Å². The molecule has 4 nitrogen and oxygen atoms in total. The second-order valence-corrected chi connectivity index (χ2v) is 14.8. The van der Waals surface area contributed by atoms with E-state index in [0.717, 1.165) is 94.4 Å². The van der Waals surface area contributed by atoms with Crippen LogP contribution in [0.15, 0.2) is 217 Å². The molecule has 0 bridgehead atoms. The summed E-state index contributed by atoms with van der Waals surface area (Å²) in [7, 11) is 0. The predicted molar refractivity (Wildman–Crippen MR) is 243 cm³/mol. The number of rotatable bonds is 7. The van der Waals surface area contributed by atoms with Crippen LogP contribution in [0, 0.1) is 0 Å². The van der Waals surface area contributed by atoms with E-state index >= 15 is 0 Å². The van der Waals surface area contributed by atoms with Crippen LogP contribution in [0.1, 0.15) is 0 Å². The molecule has 59 heavy (non-hydrogen) atoms. The number of benzene rings is 8. The minimum absolute atomic E-state index is 0.662. The summed E-state index contributed by atoms with van der Waals surface area (Å²) in [6, 6.07) is 73.7. The average molecular weight is 754 g/mol. The molecule has 0 amide bonds. The van der Waals surface area contributed by atoms with Crippen molar-refractivity contribution < 1.29 is 4.42 Å². The van der Waals surface area contributed by atoms with Crippen molar-refractivity contribution in [2.45, 2.75) is 0 Å². The second-order valence-electron chi connectivity index (χ2n) is 14.8. The molecule has 3 heterocycles. The van der Waals surface area contributed by atoms with Gasteiger partial charge in [-0.2, -0.15) is 0 Å². The van der Waals surface area contributed by atoms with Crippen molar-refractivity contribution in [1.29, 1.82) is 0 Å². The molecule has 0 saturated carbocycles. The first-order chi connectivity index (χ1) is 29.2. The van der Waals surface area contributed by atoms with Gasteiger partial charge in [-0.05, 0) is 46.0 Å². The number of hydrogen-bond donors (Lipinski definition) is 0. The Balaban J connectivity index is 1.02. The minimum Gasteiger partial charge on any atom is -0.455 e. The molecule has 11 aromatic rings. The topological polar surface area (TPSA) is 51.8 Å². The van der Waals surface area contributed by atoms with Gasteiger partial charge >= 0.3 is 0 Å². The zero-order chi connectivity index (χ0) is 39.1. The molecule has 0 spiro atoms. The number of nitrogens with zero attached hydrogens (tertiary/aromatic N) is 3. The molecule has 0 aliphatic heterocycles. The highest BCUT2D eigenvalue weighted by Gasteiger charge is 2.20. The molecule has 0 saturated heterocycles. The van der Waals surface area contributed by atoms with Gasteiger partial charge in [0.2, 0.25) is 0 Å². The third-order valence-corrected chi connectivity index (χ3v) is 11.1. The van der Waals surface area contributed by atoms with Crippen LogP contribution in [-0.4, -0.2) is 15.0 Å². The number of hydrogen-bond acceptors (Lipinski definition) is 4. The molecule has 11 rings (SSSR count). The third kappa shape index (κ3) is 6.34. The van der Waals surface area contributed by atoms with Crippen LogP contribution in [-0.2, 0) is 0 Å². The maximum atomic E-state index is 6.59. The standard InChI is InChI=1S/C55H35N3O/c1-4-13-36(14-5-1)38-23-29-41(30-24-38)48-35-49(42-31-25-39(26-32-42)37-15-6-2-7-16-37)57-55(56-48)44-33-27-40(28-34-44)45-20-12-21-47-53(45)58-52(43-17-8-3-9-18-43)51-46-19-10-11-22-50(46)59-54(47)51/h1-35H. The van der Waals surface area contributed by atoms with Crippen molar-refractivity contribution in [1.82, 2.24) is 15.0 Å². The Labute approximate surface area is 341 Å². The van der Waals surface area contributed by atoms with Crippen LogP contribution in [0.2, 0.25) is 0 Å². The Kier molecular flexibility index (Phi) is 8.45. The Morgan fingerprint density at radius 3 is 1.37 bits per heavy atom. The zero-order valence-corrected chi connectivity index (χ0v) is 32.0. The fourth-order valence-electron chi connectivity index (χ4n) is 8.12.